The van der Waals surface area contributed by atoms with Crippen LogP contribution >= 0.6 is 11.8 Å². The normalized spacial score (nSPS) is 23.9. The summed E-state index contributed by atoms with van der Waals surface area (Å²) >= 11 is 1.39. The monoisotopic (exact) mass is 430 g/mol. The lowest BCUT2D eigenvalue weighted by Crippen LogP contribution is -2.37. The fourth-order valence-corrected chi connectivity index (χ4v) is 7.47. The summed E-state index contributed by atoms with van der Waals surface area (Å²) in [6.07, 6.45) is 1.11. The van der Waals surface area contributed by atoms with E-state index in [1.165, 1.54) is 11.8 Å². The van der Waals surface area contributed by atoms with E-state index in [-0.39, 0.29) is 28.7 Å². The second-order valence-electron chi connectivity index (χ2n) is 7.12. The van der Waals surface area contributed by atoms with E-state index < -0.39 is 9.84 Å². The number of hydrogen-bond donors (Lipinski definition) is 0. The molecule has 2 aliphatic heterocycles. The minimum Gasteiger partial charge on any atom is -0.457 e. The van der Waals surface area contributed by atoms with Gasteiger partial charge < -0.3 is 9.64 Å². The average Bonchev–Trinajstić information content (AvgIpc) is 3.14. The lowest BCUT2D eigenvalue weighted by molar-refractivity contribution is -0.117. The van der Waals surface area contributed by atoms with E-state index in [2.05, 4.69) is 4.99 Å². The molecule has 2 saturated heterocycles. The molecule has 0 unspecified atom stereocenters. The van der Waals surface area contributed by atoms with Gasteiger partial charge in [-0.1, -0.05) is 36.9 Å². The second kappa shape index (κ2) is 8.20. The van der Waals surface area contributed by atoms with Gasteiger partial charge >= 0.3 is 0 Å². The zero-order chi connectivity index (χ0) is 20.4. The summed E-state index contributed by atoms with van der Waals surface area (Å²) in [5.41, 5.74) is 0.811. The molecule has 2 fully saturated rings. The first-order valence-corrected chi connectivity index (χ1v) is 12.3. The molecule has 152 valence electrons. The number of hydrogen-bond acceptors (Lipinski definition) is 5. The molecular formula is C21H22N2O4S2. The first-order chi connectivity index (χ1) is 13.9. The molecule has 0 spiro atoms. The number of carbonyl (C=O) groups excluding carboxylic acids is 1. The number of thioether (sulfide) groups is 1. The van der Waals surface area contributed by atoms with E-state index in [9.17, 15) is 13.2 Å². The number of rotatable bonds is 5. The standard InChI is InChI=1S/C21H22N2O4S2/c1-2-6-20(24)22-21-23(18-13-29(25,26)14-19(18)28-21)15-9-11-17(12-10-15)27-16-7-4-3-5-8-16/h3-5,7-12,18-19H,2,6,13-14H2,1H3/t18-,19+/m0/s1. The van der Waals surface area contributed by atoms with Crippen molar-refractivity contribution in [2.75, 3.05) is 16.4 Å². The molecule has 2 atom stereocenters. The molecule has 0 radical (unpaired) electrons. The molecular weight excluding hydrogens is 408 g/mol. The smallest absolute Gasteiger partial charge is 0.248 e. The van der Waals surface area contributed by atoms with Gasteiger partial charge in [-0.2, -0.15) is 4.99 Å². The Hall–Kier alpha value is -2.32. The molecule has 29 heavy (non-hydrogen) atoms. The number of ether oxygens (including phenoxy) is 1. The van der Waals surface area contributed by atoms with Crippen molar-refractivity contribution < 1.29 is 17.9 Å². The van der Waals surface area contributed by atoms with Crippen molar-refractivity contribution >= 4 is 38.4 Å². The second-order valence-corrected chi connectivity index (χ2v) is 10.5. The van der Waals surface area contributed by atoms with Crippen LogP contribution in [0, 0.1) is 0 Å². The topological polar surface area (TPSA) is 76.0 Å². The maximum atomic E-state index is 12.1. The van der Waals surface area contributed by atoms with Gasteiger partial charge in [-0.15, -0.1) is 0 Å². The summed E-state index contributed by atoms with van der Waals surface area (Å²) in [6.45, 7) is 1.93. The maximum absolute atomic E-state index is 12.1. The van der Waals surface area contributed by atoms with Crippen LogP contribution in [0.3, 0.4) is 0 Å². The Labute approximate surface area is 174 Å². The fraction of sp³-hybridized carbons (Fsp3) is 0.333. The Kier molecular flexibility index (Phi) is 5.65. The van der Waals surface area contributed by atoms with Crippen molar-refractivity contribution in [2.24, 2.45) is 4.99 Å². The number of aliphatic imine (C=N–C) groups is 1. The number of anilines is 1. The van der Waals surface area contributed by atoms with Crippen LogP contribution in [-0.4, -0.2) is 42.3 Å². The molecule has 0 aromatic heterocycles. The lowest BCUT2D eigenvalue weighted by atomic mass is 10.2. The van der Waals surface area contributed by atoms with Gasteiger partial charge in [0.1, 0.15) is 11.5 Å². The van der Waals surface area contributed by atoms with Crippen LogP contribution in [0.1, 0.15) is 19.8 Å². The summed E-state index contributed by atoms with van der Waals surface area (Å²) in [4.78, 5) is 18.3. The van der Waals surface area contributed by atoms with E-state index in [0.29, 0.717) is 17.3 Å². The number of nitrogens with zero attached hydrogens (tertiary/aromatic N) is 2. The first-order valence-electron chi connectivity index (χ1n) is 9.56. The van der Waals surface area contributed by atoms with Crippen LogP contribution in [0.2, 0.25) is 0 Å². The Bertz CT molecular complexity index is 1020. The Morgan fingerprint density at radius 2 is 1.79 bits per heavy atom. The molecule has 1 amide bonds. The molecule has 0 bridgehead atoms. The van der Waals surface area contributed by atoms with E-state index in [1.54, 1.807) is 0 Å². The van der Waals surface area contributed by atoms with E-state index >= 15 is 0 Å². The number of para-hydroxylation sites is 1. The van der Waals surface area contributed by atoms with Crippen molar-refractivity contribution in [3.05, 3.63) is 54.6 Å². The largest absolute Gasteiger partial charge is 0.457 e. The van der Waals surface area contributed by atoms with E-state index in [0.717, 1.165) is 17.9 Å². The SMILES string of the molecule is CCCC(=O)N=C1S[C@@H]2CS(=O)(=O)C[C@@H]2N1c1ccc(Oc2ccccc2)cc1. The maximum Gasteiger partial charge on any atom is 0.248 e. The van der Waals surface area contributed by atoms with Crippen molar-refractivity contribution in [1.29, 1.82) is 0 Å². The molecule has 2 aromatic rings. The zero-order valence-corrected chi connectivity index (χ0v) is 17.7. The molecule has 2 heterocycles. The van der Waals surface area contributed by atoms with Crippen molar-refractivity contribution in [2.45, 2.75) is 31.1 Å². The average molecular weight is 431 g/mol. The predicted octanol–water partition coefficient (Wildman–Crippen LogP) is 3.88. The number of carbonyl (C=O) groups is 1. The van der Waals surface area contributed by atoms with Crippen LogP contribution in [0.5, 0.6) is 11.5 Å². The third-order valence-corrected chi connectivity index (χ3v) is 8.05. The minimum absolute atomic E-state index is 0.0773. The van der Waals surface area contributed by atoms with Gasteiger partial charge in [0.25, 0.3) is 0 Å². The van der Waals surface area contributed by atoms with Crippen molar-refractivity contribution in [1.82, 2.24) is 0 Å². The van der Waals surface area contributed by atoms with Crippen molar-refractivity contribution in [3.63, 3.8) is 0 Å². The van der Waals surface area contributed by atoms with Gasteiger partial charge in [0.15, 0.2) is 15.0 Å². The van der Waals surface area contributed by atoms with E-state index in [4.69, 9.17) is 4.74 Å². The van der Waals surface area contributed by atoms with Gasteiger partial charge in [-0.3, -0.25) is 4.79 Å². The van der Waals surface area contributed by atoms with Gasteiger partial charge in [-0.25, -0.2) is 8.42 Å². The minimum atomic E-state index is -3.08. The molecule has 4 rings (SSSR count). The number of fused-ring (bicyclic) bond motifs is 1. The number of amides is 1. The summed E-state index contributed by atoms with van der Waals surface area (Å²) in [5.74, 6) is 1.45. The molecule has 8 heteroatoms. The summed E-state index contributed by atoms with van der Waals surface area (Å²) in [7, 11) is -3.08. The Morgan fingerprint density at radius 3 is 2.48 bits per heavy atom. The number of sulfone groups is 1. The summed E-state index contributed by atoms with van der Waals surface area (Å²) < 4.78 is 30.1. The van der Waals surface area contributed by atoms with Crippen molar-refractivity contribution in [3.8, 4) is 11.5 Å². The molecule has 2 aromatic carbocycles. The quantitative estimate of drug-likeness (QED) is 0.717. The van der Waals surface area contributed by atoms with Gasteiger partial charge in [0.05, 0.1) is 17.5 Å². The molecule has 6 nitrogen and oxygen atoms in total. The molecule has 2 aliphatic rings. The number of amidine groups is 1. The third kappa shape index (κ3) is 4.48. The molecule has 0 N–H and O–H groups in total. The van der Waals surface area contributed by atoms with Crippen LogP contribution in [0.4, 0.5) is 5.69 Å². The number of benzene rings is 2. The van der Waals surface area contributed by atoms with Gasteiger partial charge in [0, 0.05) is 17.4 Å². The first kappa shape index (κ1) is 20.0. The molecule has 0 saturated carbocycles. The van der Waals surface area contributed by atoms with Gasteiger partial charge in [-0.05, 0) is 42.8 Å². The lowest BCUT2D eigenvalue weighted by Gasteiger charge is -2.24. The Balaban J connectivity index is 1.61. The highest BCUT2D eigenvalue weighted by atomic mass is 32.2. The summed E-state index contributed by atoms with van der Waals surface area (Å²) in [5, 5.41) is 0.485. The van der Waals surface area contributed by atoms with Crippen LogP contribution in [-0.2, 0) is 14.6 Å². The Morgan fingerprint density at radius 1 is 1.10 bits per heavy atom. The highest BCUT2D eigenvalue weighted by Crippen LogP contribution is 2.41. The predicted molar refractivity (Wildman–Crippen MR) is 117 cm³/mol. The third-order valence-electron chi connectivity index (χ3n) is 4.84. The molecule has 0 aliphatic carbocycles. The fourth-order valence-electron chi connectivity index (χ4n) is 3.54. The van der Waals surface area contributed by atoms with Gasteiger partial charge in [0.2, 0.25) is 5.91 Å². The van der Waals surface area contributed by atoms with Crippen LogP contribution in [0.15, 0.2) is 59.6 Å². The highest BCUT2D eigenvalue weighted by molar-refractivity contribution is 8.16. The van der Waals surface area contributed by atoms with Crippen LogP contribution in [0.25, 0.3) is 0 Å². The van der Waals surface area contributed by atoms with Crippen LogP contribution < -0.4 is 9.64 Å². The zero-order valence-electron chi connectivity index (χ0n) is 16.0. The highest BCUT2D eigenvalue weighted by Gasteiger charge is 2.49. The van der Waals surface area contributed by atoms with E-state index in [1.807, 2.05) is 66.4 Å². The summed E-state index contributed by atoms with van der Waals surface area (Å²) in [6, 6.07) is 16.7.